The number of pyridine rings is 2. The van der Waals surface area contributed by atoms with Crippen LogP contribution in [-0.4, -0.2) is 18.0 Å². The van der Waals surface area contributed by atoms with Gasteiger partial charge in [0.15, 0.2) is 0 Å². The van der Waals surface area contributed by atoms with Crippen LogP contribution >= 0.6 is 0 Å². The van der Waals surface area contributed by atoms with Crippen LogP contribution in [0.5, 0.6) is 0 Å². The molecule has 0 aliphatic carbocycles. The Morgan fingerprint density at radius 3 is 2.15 bits per heavy atom. The SMILES string of the molecule is CC(C)C(C)c1ccnc(-c2[c-]ccc3c2oc2ccc(-c4ccccc4)cc23)c1.C[Si](C)(C)c1ccc(-c2[c-]cccc2)nc1.[Ir]. The number of rotatable bonds is 6. The zero-order valence-corrected chi connectivity index (χ0v) is 31.2. The van der Waals surface area contributed by atoms with E-state index in [1.165, 1.54) is 21.9 Å². The van der Waals surface area contributed by atoms with E-state index in [4.69, 9.17) is 4.42 Å². The summed E-state index contributed by atoms with van der Waals surface area (Å²) in [6, 6.07) is 44.0. The molecule has 0 spiro atoms. The minimum absolute atomic E-state index is 0. The molecule has 0 saturated heterocycles. The van der Waals surface area contributed by atoms with Crippen LogP contribution in [0.1, 0.15) is 32.3 Å². The van der Waals surface area contributed by atoms with Crippen LogP contribution in [0.3, 0.4) is 0 Å². The van der Waals surface area contributed by atoms with Crippen molar-refractivity contribution in [3.05, 3.63) is 139 Å². The summed E-state index contributed by atoms with van der Waals surface area (Å²) in [7, 11) is -1.23. The first-order chi connectivity index (χ1) is 22.2. The molecule has 239 valence electrons. The fourth-order valence-electron chi connectivity index (χ4n) is 5.54. The van der Waals surface area contributed by atoms with E-state index < -0.39 is 8.07 Å². The van der Waals surface area contributed by atoms with Crippen LogP contribution in [-0.2, 0) is 20.1 Å². The van der Waals surface area contributed by atoms with Crippen molar-refractivity contribution in [1.82, 2.24) is 9.97 Å². The van der Waals surface area contributed by atoms with E-state index in [9.17, 15) is 0 Å². The van der Waals surface area contributed by atoms with Crippen LogP contribution in [0.2, 0.25) is 19.6 Å². The zero-order chi connectivity index (χ0) is 32.3. The number of aromatic nitrogens is 2. The summed E-state index contributed by atoms with van der Waals surface area (Å²) in [6.07, 6.45) is 3.91. The van der Waals surface area contributed by atoms with Gasteiger partial charge in [-0.2, -0.15) is 0 Å². The van der Waals surface area contributed by atoms with Crippen molar-refractivity contribution in [2.75, 3.05) is 0 Å². The van der Waals surface area contributed by atoms with Crippen molar-refractivity contribution in [1.29, 1.82) is 0 Å². The second-order valence-corrected chi connectivity index (χ2v) is 18.3. The minimum atomic E-state index is -1.23. The molecule has 1 unspecified atom stereocenters. The van der Waals surface area contributed by atoms with Crippen molar-refractivity contribution in [2.24, 2.45) is 5.92 Å². The first-order valence-electron chi connectivity index (χ1n) is 16.0. The average Bonchev–Trinajstić information content (AvgIpc) is 3.47. The molecule has 0 aliphatic heterocycles. The standard InChI is InChI=1S/C28H24NO.C14H16NSi.Ir/c1-18(2)19(3)21-14-15-29-26(17-21)24-11-7-10-23-25-16-22(20-8-5-4-6-9-20)12-13-27(25)30-28(23)24;1-16(2,3)13-9-10-14(15-11-13)12-7-5-4-6-8-12;/h4-10,12-19H,1-3H3;4-7,9-11H,1-3H3;/q2*-1;. The molecule has 0 N–H and O–H groups in total. The molecule has 7 rings (SSSR count). The second kappa shape index (κ2) is 14.7. The fraction of sp³-hybridized carbons (Fsp3) is 0.190. The largest absolute Gasteiger partial charge is 0.501 e. The van der Waals surface area contributed by atoms with Gasteiger partial charge in [-0.25, -0.2) is 0 Å². The third-order valence-corrected chi connectivity index (χ3v) is 10.7. The molecule has 3 nitrogen and oxygen atoms in total. The van der Waals surface area contributed by atoms with Crippen molar-refractivity contribution in [3.63, 3.8) is 0 Å². The number of fused-ring (bicyclic) bond motifs is 3. The zero-order valence-electron chi connectivity index (χ0n) is 27.8. The molecule has 0 fully saturated rings. The van der Waals surface area contributed by atoms with Crippen LogP contribution < -0.4 is 5.19 Å². The van der Waals surface area contributed by atoms with E-state index in [1.807, 2.05) is 48.8 Å². The van der Waals surface area contributed by atoms with E-state index in [0.717, 1.165) is 44.5 Å². The van der Waals surface area contributed by atoms with Gasteiger partial charge in [0.2, 0.25) is 0 Å². The molecule has 4 aromatic carbocycles. The molecule has 5 heteroatoms. The van der Waals surface area contributed by atoms with Crippen molar-refractivity contribution in [2.45, 2.75) is 46.3 Å². The quantitative estimate of drug-likeness (QED) is 0.124. The Morgan fingerprint density at radius 2 is 1.47 bits per heavy atom. The number of furan rings is 1. The maximum absolute atomic E-state index is 6.31. The Labute approximate surface area is 293 Å². The number of benzene rings is 4. The predicted molar refractivity (Wildman–Crippen MR) is 196 cm³/mol. The van der Waals surface area contributed by atoms with Crippen molar-refractivity contribution < 1.29 is 24.5 Å². The molecule has 47 heavy (non-hydrogen) atoms. The minimum Gasteiger partial charge on any atom is -0.501 e. The van der Waals surface area contributed by atoms with Crippen LogP contribution in [0.25, 0.3) is 55.6 Å². The first kappa shape index (κ1) is 34.2. The second-order valence-electron chi connectivity index (χ2n) is 13.2. The maximum atomic E-state index is 6.31. The van der Waals surface area contributed by atoms with Crippen LogP contribution in [0.15, 0.2) is 126 Å². The Bertz CT molecular complexity index is 2060. The molecular weight excluding hydrogens is 769 g/mol. The number of hydrogen-bond acceptors (Lipinski definition) is 3. The van der Waals surface area contributed by atoms with E-state index in [-0.39, 0.29) is 20.1 Å². The molecule has 0 saturated carbocycles. The van der Waals surface area contributed by atoms with E-state index in [1.54, 1.807) is 0 Å². The van der Waals surface area contributed by atoms with Gasteiger partial charge in [-0.3, -0.25) is 0 Å². The normalized spacial score (nSPS) is 12.0. The Kier molecular flexibility index (Phi) is 10.7. The Hall–Kier alpha value is -4.15. The maximum Gasteiger partial charge on any atom is 0.120 e. The topological polar surface area (TPSA) is 38.9 Å². The smallest absolute Gasteiger partial charge is 0.120 e. The van der Waals surface area contributed by atoms with Gasteiger partial charge in [-0.05, 0) is 57.7 Å². The number of nitrogens with zero attached hydrogens (tertiary/aromatic N) is 2. The van der Waals surface area contributed by atoms with Gasteiger partial charge in [0.25, 0.3) is 0 Å². The molecule has 1 radical (unpaired) electrons. The van der Waals surface area contributed by atoms with E-state index in [0.29, 0.717) is 11.8 Å². The summed E-state index contributed by atoms with van der Waals surface area (Å²) in [4.78, 5) is 9.16. The summed E-state index contributed by atoms with van der Waals surface area (Å²) in [6.45, 7) is 13.8. The van der Waals surface area contributed by atoms with Gasteiger partial charge in [-0.1, -0.05) is 112 Å². The summed E-state index contributed by atoms with van der Waals surface area (Å²) in [5.41, 5.74) is 9.31. The summed E-state index contributed by atoms with van der Waals surface area (Å²) >= 11 is 0. The Morgan fingerprint density at radius 1 is 0.681 bits per heavy atom. The first-order valence-corrected chi connectivity index (χ1v) is 19.5. The molecule has 1 atom stereocenters. The number of hydrogen-bond donors (Lipinski definition) is 0. The van der Waals surface area contributed by atoms with Crippen molar-refractivity contribution >= 4 is 35.2 Å². The molecule has 3 aromatic heterocycles. The average molecular weight is 809 g/mol. The summed E-state index contributed by atoms with van der Waals surface area (Å²) in [5.74, 6) is 1.04. The fourth-order valence-corrected chi connectivity index (χ4v) is 6.58. The van der Waals surface area contributed by atoms with Gasteiger partial charge >= 0.3 is 0 Å². The van der Waals surface area contributed by atoms with Gasteiger partial charge in [0.05, 0.1) is 13.7 Å². The van der Waals surface area contributed by atoms with Gasteiger partial charge in [0, 0.05) is 37.9 Å². The van der Waals surface area contributed by atoms with Crippen LogP contribution in [0.4, 0.5) is 0 Å². The predicted octanol–water partition coefficient (Wildman–Crippen LogP) is 11.0. The Balaban J connectivity index is 0.000000217. The van der Waals surface area contributed by atoms with Gasteiger partial charge < -0.3 is 14.4 Å². The molecule has 3 heterocycles. The third kappa shape index (κ3) is 7.71. The van der Waals surface area contributed by atoms with E-state index in [2.05, 4.69) is 135 Å². The molecule has 0 aliphatic rings. The molecular formula is C42H40IrN2OSi-2. The summed E-state index contributed by atoms with van der Waals surface area (Å²) in [5, 5.41) is 3.61. The van der Waals surface area contributed by atoms with Gasteiger partial charge in [0.1, 0.15) is 5.58 Å². The molecule has 0 bridgehead atoms. The van der Waals surface area contributed by atoms with E-state index >= 15 is 0 Å². The molecule has 7 aromatic rings. The monoisotopic (exact) mass is 809 g/mol. The van der Waals surface area contributed by atoms with Crippen LogP contribution in [0, 0.1) is 18.1 Å². The third-order valence-electron chi connectivity index (χ3n) is 8.72. The van der Waals surface area contributed by atoms with Crippen molar-refractivity contribution in [3.8, 4) is 33.6 Å². The molecule has 0 amide bonds. The van der Waals surface area contributed by atoms with Gasteiger partial charge in [-0.15, -0.1) is 54.1 Å². The summed E-state index contributed by atoms with van der Waals surface area (Å²) < 4.78 is 6.31.